The lowest BCUT2D eigenvalue weighted by Gasteiger charge is -2.67. The minimum absolute atomic E-state index is 0.138. The molecule has 1 saturated heterocycles. The molecule has 0 radical (unpaired) electrons. The van der Waals surface area contributed by atoms with Gasteiger partial charge in [-0.2, -0.15) is 0 Å². The lowest BCUT2D eigenvalue weighted by molar-refractivity contribution is 0.547. The van der Waals surface area contributed by atoms with Crippen LogP contribution in [0.2, 0.25) is 0 Å². The van der Waals surface area contributed by atoms with Gasteiger partial charge in [0, 0.05) is 10.3 Å². The van der Waals surface area contributed by atoms with Crippen LogP contribution in [0.25, 0.3) is 0 Å². The van der Waals surface area contributed by atoms with Crippen LogP contribution in [0.5, 0.6) is 0 Å². The predicted octanol–water partition coefficient (Wildman–Crippen LogP) is 4.08. The second kappa shape index (κ2) is 3.85. The summed E-state index contributed by atoms with van der Waals surface area (Å²) in [4.78, 5) is 0. The highest BCUT2D eigenvalue weighted by Crippen LogP contribution is 2.91. The molecule has 1 fully saturated rings. The molecule has 6 heteroatoms. The van der Waals surface area contributed by atoms with Crippen LogP contribution < -0.4 is 0 Å². The summed E-state index contributed by atoms with van der Waals surface area (Å²) in [5, 5.41) is 0.277. The van der Waals surface area contributed by atoms with E-state index in [2.05, 4.69) is 64.5 Å². The fraction of sp³-hybridized carbons (Fsp3) is 1.00. The zero-order chi connectivity index (χ0) is 13.2. The first kappa shape index (κ1) is 15.3. The summed E-state index contributed by atoms with van der Waals surface area (Å²) in [5.41, 5.74) is 0. The lowest BCUT2D eigenvalue weighted by Crippen LogP contribution is -2.50. The van der Waals surface area contributed by atoms with Crippen LogP contribution in [0, 0.1) is 0 Å². The zero-order valence-electron chi connectivity index (χ0n) is 11.6. The monoisotopic (exact) mass is 298 g/mol. The first-order valence-corrected chi connectivity index (χ1v) is 10.9. The Bertz CT molecular complexity index is 339. The van der Waals surface area contributed by atoms with Gasteiger partial charge in [-0.1, -0.05) is 65.2 Å². The van der Waals surface area contributed by atoms with E-state index in [9.17, 15) is 0 Å². The molecule has 0 spiro atoms. The van der Waals surface area contributed by atoms with Crippen molar-refractivity contribution in [2.45, 2.75) is 51.9 Å². The highest BCUT2D eigenvalue weighted by Gasteiger charge is 2.61. The van der Waals surface area contributed by atoms with Crippen molar-refractivity contribution in [3.05, 3.63) is 0 Å². The van der Waals surface area contributed by atoms with Crippen LogP contribution >= 0.6 is 12.7 Å². The van der Waals surface area contributed by atoms with Gasteiger partial charge in [0.2, 0.25) is 0 Å². The summed E-state index contributed by atoms with van der Waals surface area (Å²) in [6.45, 7) is 13.4. The van der Waals surface area contributed by atoms with E-state index >= 15 is 0 Å². The van der Waals surface area contributed by atoms with Crippen LogP contribution in [0.3, 0.4) is 0 Å². The van der Waals surface area contributed by atoms with E-state index < -0.39 is 12.7 Å². The Labute approximate surface area is 111 Å². The van der Waals surface area contributed by atoms with E-state index in [4.69, 9.17) is 23.6 Å². The smallest absolute Gasteiger partial charge is 0.0921 e. The molecule has 2 nitrogen and oxygen atoms in total. The molecule has 0 N–H and O–H groups in total. The zero-order valence-corrected chi connectivity index (χ0v) is 15.0. The Morgan fingerprint density at radius 1 is 0.688 bits per heavy atom. The van der Waals surface area contributed by atoms with Crippen molar-refractivity contribution in [1.29, 1.82) is 0 Å². The van der Waals surface area contributed by atoms with Gasteiger partial charge in [-0.3, -0.25) is 0 Å². The summed E-state index contributed by atoms with van der Waals surface area (Å²) >= 11 is 11.9. The Kier molecular flexibility index (Phi) is 3.68. The minimum Gasteiger partial charge on any atom is -0.224 e. The lowest BCUT2D eigenvalue weighted by atomic mass is 10.3. The Hall–Kier alpha value is 1.22. The third-order valence-electron chi connectivity index (χ3n) is 3.32. The molecule has 0 atom stereocenters. The van der Waals surface area contributed by atoms with Crippen LogP contribution in [-0.2, 0) is 23.6 Å². The van der Waals surface area contributed by atoms with Gasteiger partial charge in [-0.15, -0.1) is 0 Å². The summed E-state index contributed by atoms with van der Waals surface area (Å²) in [5.74, 6) is 0. The summed E-state index contributed by atoms with van der Waals surface area (Å²) < 4.78 is 4.79. The highest BCUT2D eigenvalue weighted by molar-refractivity contribution is 8.30. The normalized spacial score (nSPS) is 38.5. The van der Waals surface area contributed by atoms with Crippen LogP contribution in [-0.4, -0.2) is 33.3 Å². The average Bonchev–Trinajstić information content (AvgIpc) is 2.10. The van der Waals surface area contributed by atoms with E-state index in [-0.39, 0.29) is 10.3 Å². The molecule has 1 aliphatic heterocycles. The van der Waals surface area contributed by atoms with Crippen molar-refractivity contribution in [2.75, 3.05) is 14.1 Å². The quantitative estimate of drug-likeness (QED) is 0.621. The van der Waals surface area contributed by atoms with Crippen molar-refractivity contribution in [1.82, 2.24) is 8.88 Å². The molecule has 0 aromatic carbocycles. The summed E-state index contributed by atoms with van der Waals surface area (Å²) in [7, 11) is 4.30. The van der Waals surface area contributed by atoms with Gasteiger partial charge in [-0.25, -0.2) is 8.88 Å². The molecule has 96 valence electrons. The van der Waals surface area contributed by atoms with Crippen molar-refractivity contribution >= 4 is 36.3 Å². The van der Waals surface area contributed by atoms with Gasteiger partial charge in [0.25, 0.3) is 0 Å². The highest BCUT2D eigenvalue weighted by atomic mass is 32.5. The maximum atomic E-state index is 5.96. The fourth-order valence-electron chi connectivity index (χ4n) is 2.41. The SMILES string of the molecule is CN1P(=S)(C(C)(C)C)N(C)P1(=S)C(C)(C)C. The molecule has 1 heterocycles. The number of nitrogens with zero attached hydrogens (tertiary/aromatic N) is 2. The second-order valence-electron chi connectivity index (χ2n) is 6.41. The third kappa shape index (κ3) is 1.65. The molecule has 1 aliphatic rings. The van der Waals surface area contributed by atoms with Gasteiger partial charge < -0.3 is 0 Å². The van der Waals surface area contributed by atoms with E-state index in [0.29, 0.717) is 0 Å². The summed E-state index contributed by atoms with van der Waals surface area (Å²) in [6, 6.07) is 0. The molecule has 0 aromatic heterocycles. The molecular formula is C10H24N2P2S2. The van der Waals surface area contributed by atoms with Gasteiger partial charge in [-0.05, 0) is 14.1 Å². The molecule has 0 aromatic rings. The first-order chi connectivity index (χ1) is 6.81. The van der Waals surface area contributed by atoms with E-state index in [1.165, 1.54) is 0 Å². The maximum Gasteiger partial charge on any atom is 0.0921 e. The Morgan fingerprint density at radius 3 is 1.00 bits per heavy atom. The molecule has 16 heavy (non-hydrogen) atoms. The van der Waals surface area contributed by atoms with Crippen molar-refractivity contribution in [3.8, 4) is 0 Å². The van der Waals surface area contributed by atoms with Crippen molar-refractivity contribution in [3.63, 3.8) is 0 Å². The van der Waals surface area contributed by atoms with Gasteiger partial charge in [0.1, 0.15) is 0 Å². The molecule has 1 rings (SSSR count). The topological polar surface area (TPSA) is 6.48 Å². The molecule has 0 aliphatic carbocycles. The van der Waals surface area contributed by atoms with Crippen molar-refractivity contribution < 1.29 is 0 Å². The standard InChI is InChI=1S/C10H24N2P2S2/c1-9(2,3)13(15)11(7)14(16,12(13)8)10(4,5)6/h1-8H3. The maximum absolute atomic E-state index is 5.96. The number of hydrogen-bond donors (Lipinski definition) is 0. The number of rotatable bonds is 0. The van der Waals surface area contributed by atoms with Gasteiger partial charge in [0.15, 0.2) is 0 Å². The van der Waals surface area contributed by atoms with Gasteiger partial charge >= 0.3 is 0 Å². The summed E-state index contributed by atoms with van der Waals surface area (Å²) in [6.07, 6.45) is -3.26. The van der Waals surface area contributed by atoms with Gasteiger partial charge in [0.05, 0.1) is 12.7 Å². The van der Waals surface area contributed by atoms with Crippen LogP contribution in [0.4, 0.5) is 0 Å². The molecule has 0 saturated carbocycles. The third-order valence-corrected chi connectivity index (χ3v) is 20.7. The molecule has 0 bridgehead atoms. The van der Waals surface area contributed by atoms with E-state index in [1.807, 2.05) is 0 Å². The number of hydrogen-bond acceptors (Lipinski definition) is 2. The van der Waals surface area contributed by atoms with E-state index in [0.717, 1.165) is 0 Å². The molecular weight excluding hydrogens is 274 g/mol. The van der Waals surface area contributed by atoms with Crippen LogP contribution in [0.15, 0.2) is 0 Å². The fourth-order valence-corrected chi connectivity index (χ4v) is 18.0. The molecule has 0 unspecified atom stereocenters. The van der Waals surface area contributed by atoms with E-state index in [1.54, 1.807) is 0 Å². The predicted molar refractivity (Wildman–Crippen MR) is 83.6 cm³/mol. The van der Waals surface area contributed by atoms with Crippen LogP contribution in [0.1, 0.15) is 41.5 Å². The second-order valence-corrected chi connectivity index (χ2v) is 17.4. The molecule has 0 amide bonds. The Morgan fingerprint density at radius 2 is 0.875 bits per heavy atom. The average molecular weight is 298 g/mol. The largest absolute Gasteiger partial charge is 0.224 e. The minimum atomic E-state index is -1.63. The Balaban J connectivity index is 3.26. The first-order valence-electron chi connectivity index (χ1n) is 5.51. The van der Waals surface area contributed by atoms with Crippen molar-refractivity contribution in [2.24, 2.45) is 0 Å².